The third kappa shape index (κ3) is 8.08. The molecule has 3 aromatic rings. The maximum atomic E-state index is 12.2. The SMILES string of the molecule is CC(=O)Nn1c(Cc2csc(NCCC(=O)O)n2)nnc1SCC(=O)NNC(=O)c1ccccc1. The molecule has 2 aromatic heterocycles. The fourth-order valence-electron chi connectivity index (χ4n) is 2.64. The van der Waals surface area contributed by atoms with E-state index in [1.807, 2.05) is 0 Å². The van der Waals surface area contributed by atoms with Gasteiger partial charge in [-0.05, 0) is 12.1 Å². The second kappa shape index (κ2) is 12.5. The van der Waals surface area contributed by atoms with Crippen LogP contribution in [0.3, 0.4) is 0 Å². The first-order valence-electron chi connectivity index (χ1n) is 10.2. The van der Waals surface area contributed by atoms with E-state index in [9.17, 15) is 19.2 Å². The van der Waals surface area contributed by atoms with E-state index in [1.165, 1.54) is 22.9 Å². The molecule has 0 unspecified atom stereocenters. The van der Waals surface area contributed by atoms with Crippen LogP contribution < -0.4 is 21.6 Å². The lowest BCUT2D eigenvalue weighted by Gasteiger charge is -2.10. The molecule has 0 fully saturated rings. The van der Waals surface area contributed by atoms with Crippen LogP contribution in [0.25, 0.3) is 0 Å². The summed E-state index contributed by atoms with van der Waals surface area (Å²) in [5, 5.41) is 22.4. The van der Waals surface area contributed by atoms with Crippen molar-refractivity contribution in [3.8, 4) is 0 Å². The van der Waals surface area contributed by atoms with Crippen molar-refractivity contribution >= 4 is 51.9 Å². The molecule has 0 spiro atoms. The van der Waals surface area contributed by atoms with Gasteiger partial charge in [0, 0.05) is 24.4 Å². The summed E-state index contributed by atoms with van der Waals surface area (Å²) in [7, 11) is 0. The predicted octanol–water partition coefficient (Wildman–Crippen LogP) is 0.855. The standard InChI is InChI=1S/C20H22N8O5S2/c1-12(29)27-28-15(9-14-10-34-19(22-14)21-8-7-17(31)32)23-26-20(28)35-11-16(30)24-25-18(33)13-5-3-2-4-6-13/h2-6,10H,7-9,11H2,1H3,(H,21,22)(H,24,30)(H,25,33)(H,27,29)(H,31,32). The number of carbonyl (C=O) groups is 4. The molecule has 0 bridgehead atoms. The molecular formula is C20H22N8O5S2. The molecule has 2 heterocycles. The van der Waals surface area contributed by atoms with Gasteiger partial charge in [-0.2, -0.15) is 0 Å². The van der Waals surface area contributed by atoms with E-state index in [4.69, 9.17) is 5.11 Å². The van der Waals surface area contributed by atoms with Gasteiger partial charge in [0.1, 0.15) is 0 Å². The summed E-state index contributed by atoms with van der Waals surface area (Å²) in [5.41, 5.74) is 8.32. The highest BCUT2D eigenvalue weighted by atomic mass is 32.2. The second-order valence-electron chi connectivity index (χ2n) is 6.95. The van der Waals surface area contributed by atoms with Crippen LogP contribution >= 0.6 is 23.1 Å². The number of anilines is 1. The number of carbonyl (C=O) groups excluding carboxylic acids is 3. The van der Waals surface area contributed by atoms with Crippen molar-refractivity contribution in [2.45, 2.75) is 24.9 Å². The maximum absolute atomic E-state index is 12.2. The van der Waals surface area contributed by atoms with Gasteiger partial charge in [0.05, 0.1) is 24.3 Å². The number of aliphatic carboxylic acids is 1. The minimum Gasteiger partial charge on any atom is -0.481 e. The Morgan fingerprint density at radius 2 is 1.89 bits per heavy atom. The number of thiazole rings is 1. The molecule has 0 atom stereocenters. The highest BCUT2D eigenvalue weighted by Gasteiger charge is 2.17. The maximum Gasteiger partial charge on any atom is 0.305 e. The third-order valence-corrected chi connectivity index (χ3v) is 5.94. The number of nitrogens with one attached hydrogen (secondary N) is 4. The number of thioether (sulfide) groups is 1. The lowest BCUT2D eigenvalue weighted by atomic mass is 10.2. The van der Waals surface area contributed by atoms with Crippen LogP contribution in [0.1, 0.15) is 35.2 Å². The first kappa shape index (κ1) is 25.6. The highest BCUT2D eigenvalue weighted by Crippen LogP contribution is 2.20. The fourth-order valence-corrected chi connectivity index (χ4v) is 4.09. The number of carboxylic acids is 1. The Morgan fingerprint density at radius 3 is 2.60 bits per heavy atom. The van der Waals surface area contributed by atoms with Gasteiger partial charge in [-0.1, -0.05) is 30.0 Å². The van der Waals surface area contributed by atoms with Crippen molar-refractivity contribution in [3.63, 3.8) is 0 Å². The Morgan fingerprint density at radius 1 is 1.11 bits per heavy atom. The van der Waals surface area contributed by atoms with Crippen molar-refractivity contribution in [2.24, 2.45) is 0 Å². The molecule has 5 N–H and O–H groups in total. The molecule has 3 rings (SSSR count). The monoisotopic (exact) mass is 518 g/mol. The van der Waals surface area contributed by atoms with E-state index in [1.54, 1.807) is 35.7 Å². The summed E-state index contributed by atoms with van der Waals surface area (Å²) in [4.78, 5) is 50.9. The van der Waals surface area contributed by atoms with E-state index >= 15 is 0 Å². The summed E-state index contributed by atoms with van der Waals surface area (Å²) < 4.78 is 1.37. The lowest BCUT2D eigenvalue weighted by molar-refractivity contribution is -0.136. The molecule has 1 aromatic carbocycles. The van der Waals surface area contributed by atoms with Crippen LogP contribution in [0.2, 0.25) is 0 Å². The molecule has 0 radical (unpaired) electrons. The number of hydrogen-bond acceptors (Lipinski definition) is 10. The number of amides is 3. The Hall–Kier alpha value is -3.98. The minimum absolute atomic E-state index is 0.0319. The summed E-state index contributed by atoms with van der Waals surface area (Å²) in [6.07, 6.45) is 0.208. The smallest absolute Gasteiger partial charge is 0.305 e. The van der Waals surface area contributed by atoms with Crippen LogP contribution in [-0.4, -0.2) is 61.0 Å². The van der Waals surface area contributed by atoms with E-state index in [0.717, 1.165) is 11.8 Å². The van der Waals surface area contributed by atoms with Crippen molar-refractivity contribution in [3.05, 3.63) is 52.8 Å². The topological polar surface area (TPSA) is 180 Å². The Kier molecular flexibility index (Phi) is 9.14. The quantitative estimate of drug-likeness (QED) is 0.180. The van der Waals surface area contributed by atoms with Gasteiger partial charge < -0.3 is 10.4 Å². The largest absolute Gasteiger partial charge is 0.481 e. The number of rotatable bonds is 11. The summed E-state index contributed by atoms with van der Waals surface area (Å²) in [6, 6.07) is 8.43. The van der Waals surface area contributed by atoms with Gasteiger partial charge in [-0.15, -0.1) is 21.5 Å². The van der Waals surface area contributed by atoms with Gasteiger partial charge in [0.25, 0.3) is 5.91 Å². The zero-order valence-electron chi connectivity index (χ0n) is 18.5. The van der Waals surface area contributed by atoms with E-state index < -0.39 is 17.8 Å². The molecule has 0 aliphatic carbocycles. The molecule has 184 valence electrons. The minimum atomic E-state index is -0.907. The van der Waals surface area contributed by atoms with Gasteiger partial charge in [-0.3, -0.25) is 35.5 Å². The number of carboxylic acid groups (broad SMARTS) is 1. The molecular weight excluding hydrogens is 496 g/mol. The predicted molar refractivity (Wildman–Crippen MR) is 129 cm³/mol. The molecule has 0 saturated heterocycles. The molecule has 0 aliphatic rings. The van der Waals surface area contributed by atoms with Crippen molar-refractivity contribution in [2.75, 3.05) is 23.0 Å². The number of benzene rings is 1. The Labute approximate surface area is 207 Å². The van der Waals surface area contributed by atoms with E-state index in [0.29, 0.717) is 22.2 Å². The van der Waals surface area contributed by atoms with Crippen LogP contribution in [0, 0.1) is 0 Å². The number of hydrazine groups is 1. The normalized spacial score (nSPS) is 10.4. The third-order valence-electron chi connectivity index (χ3n) is 4.16. The number of aromatic nitrogens is 4. The average molecular weight is 519 g/mol. The summed E-state index contributed by atoms with van der Waals surface area (Å²) in [6.45, 7) is 1.58. The molecule has 0 saturated carbocycles. The number of hydrogen-bond donors (Lipinski definition) is 5. The zero-order valence-corrected chi connectivity index (χ0v) is 20.1. The first-order valence-corrected chi connectivity index (χ1v) is 12.1. The van der Waals surface area contributed by atoms with Crippen molar-refractivity contribution < 1.29 is 24.3 Å². The Balaban J connectivity index is 1.57. The van der Waals surface area contributed by atoms with Crippen LogP contribution in [0.15, 0.2) is 40.9 Å². The summed E-state index contributed by atoms with van der Waals surface area (Å²) >= 11 is 2.34. The van der Waals surface area contributed by atoms with Gasteiger partial charge in [-0.25, -0.2) is 9.66 Å². The Bertz CT molecular complexity index is 1200. The molecule has 0 aliphatic heterocycles. The lowest BCUT2D eigenvalue weighted by Crippen LogP contribution is -2.42. The van der Waals surface area contributed by atoms with Crippen LogP contribution in [-0.2, 0) is 20.8 Å². The van der Waals surface area contributed by atoms with Gasteiger partial charge in [0.15, 0.2) is 11.0 Å². The van der Waals surface area contributed by atoms with E-state index in [-0.39, 0.29) is 36.2 Å². The molecule has 35 heavy (non-hydrogen) atoms. The molecule has 15 heteroatoms. The molecule has 13 nitrogen and oxygen atoms in total. The van der Waals surface area contributed by atoms with Gasteiger partial charge >= 0.3 is 5.97 Å². The number of nitrogens with zero attached hydrogens (tertiary/aromatic N) is 4. The van der Waals surface area contributed by atoms with Crippen LogP contribution in [0.5, 0.6) is 0 Å². The fraction of sp³-hybridized carbons (Fsp3) is 0.250. The second-order valence-corrected chi connectivity index (χ2v) is 8.75. The van der Waals surface area contributed by atoms with Gasteiger partial charge in [0.2, 0.25) is 17.0 Å². The first-order chi connectivity index (χ1) is 16.8. The van der Waals surface area contributed by atoms with E-state index in [2.05, 4.69) is 36.8 Å². The highest BCUT2D eigenvalue weighted by molar-refractivity contribution is 7.99. The summed E-state index contributed by atoms with van der Waals surface area (Å²) in [5.74, 6) is -1.90. The average Bonchev–Trinajstić information content (AvgIpc) is 3.43. The van der Waals surface area contributed by atoms with Crippen molar-refractivity contribution in [1.82, 2.24) is 30.7 Å². The zero-order chi connectivity index (χ0) is 25.2. The van der Waals surface area contributed by atoms with Crippen molar-refractivity contribution in [1.29, 1.82) is 0 Å². The molecule has 3 amide bonds. The van der Waals surface area contributed by atoms with Crippen LogP contribution in [0.4, 0.5) is 5.13 Å².